The highest BCUT2D eigenvalue weighted by Gasteiger charge is 2.53. The molecule has 1 saturated carbocycles. The number of hydrogen-bond acceptors (Lipinski definition) is 1. The lowest BCUT2D eigenvalue weighted by molar-refractivity contribution is 0.00208. The largest absolute Gasteiger partial charge is 0.360 e. The van der Waals surface area contributed by atoms with Crippen LogP contribution >= 0.6 is 0 Å². The second kappa shape index (κ2) is 3.22. The summed E-state index contributed by atoms with van der Waals surface area (Å²) in [7, 11) is 0. The zero-order valence-corrected chi connectivity index (χ0v) is 10.6. The van der Waals surface area contributed by atoms with E-state index in [4.69, 9.17) is 4.74 Å². The molecular formula is C15H22O. The molecule has 88 valence electrons. The molecule has 0 N–H and O–H groups in total. The SMILES string of the molecule is C=C1C2CC(C)(C)C2CCC(C)=CC2OC12. The Hall–Kier alpha value is -0.560. The van der Waals surface area contributed by atoms with Crippen molar-refractivity contribution in [2.75, 3.05) is 0 Å². The third kappa shape index (κ3) is 1.48. The van der Waals surface area contributed by atoms with Crippen molar-refractivity contribution in [2.24, 2.45) is 17.3 Å². The highest BCUT2D eigenvalue weighted by atomic mass is 16.6. The molecule has 0 amide bonds. The number of rotatable bonds is 0. The lowest BCUT2D eigenvalue weighted by Crippen LogP contribution is -2.45. The first-order valence-electron chi connectivity index (χ1n) is 6.50. The first-order chi connectivity index (χ1) is 7.49. The van der Waals surface area contributed by atoms with E-state index in [1.165, 1.54) is 30.4 Å². The normalized spacial score (nSPS) is 45.2. The molecule has 0 radical (unpaired) electrons. The summed E-state index contributed by atoms with van der Waals surface area (Å²) in [6, 6.07) is 0. The van der Waals surface area contributed by atoms with Gasteiger partial charge in [0.15, 0.2) is 0 Å². The van der Waals surface area contributed by atoms with Crippen molar-refractivity contribution < 1.29 is 4.74 Å². The highest BCUT2D eigenvalue weighted by Crippen LogP contribution is 2.58. The van der Waals surface area contributed by atoms with Gasteiger partial charge in [0, 0.05) is 0 Å². The molecule has 16 heavy (non-hydrogen) atoms. The fourth-order valence-corrected chi connectivity index (χ4v) is 3.73. The van der Waals surface area contributed by atoms with Crippen LogP contribution in [-0.4, -0.2) is 12.2 Å². The van der Waals surface area contributed by atoms with Crippen LogP contribution in [0.1, 0.15) is 40.0 Å². The van der Waals surface area contributed by atoms with Gasteiger partial charge < -0.3 is 4.74 Å². The van der Waals surface area contributed by atoms with E-state index in [2.05, 4.69) is 33.4 Å². The second-order valence-electron chi connectivity index (χ2n) is 6.55. The van der Waals surface area contributed by atoms with Crippen LogP contribution in [-0.2, 0) is 4.74 Å². The Bertz CT molecular complexity index is 364. The predicted molar refractivity (Wildman–Crippen MR) is 66.2 cm³/mol. The Labute approximate surface area is 98.6 Å². The van der Waals surface area contributed by atoms with Crippen molar-refractivity contribution in [2.45, 2.75) is 52.2 Å². The summed E-state index contributed by atoms with van der Waals surface area (Å²) in [4.78, 5) is 0. The van der Waals surface area contributed by atoms with E-state index in [9.17, 15) is 0 Å². The van der Waals surface area contributed by atoms with Crippen molar-refractivity contribution in [3.05, 3.63) is 23.8 Å². The van der Waals surface area contributed by atoms with Crippen LogP contribution in [0.15, 0.2) is 23.8 Å². The van der Waals surface area contributed by atoms with Crippen molar-refractivity contribution in [3.63, 3.8) is 0 Å². The fraction of sp³-hybridized carbons (Fsp3) is 0.733. The van der Waals surface area contributed by atoms with E-state index in [-0.39, 0.29) is 0 Å². The molecule has 4 atom stereocenters. The van der Waals surface area contributed by atoms with Crippen LogP contribution in [0.4, 0.5) is 0 Å². The lowest BCUT2D eigenvalue weighted by Gasteiger charge is -2.52. The summed E-state index contributed by atoms with van der Waals surface area (Å²) < 4.78 is 5.72. The molecule has 2 fully saturated rings. The molecule has 4 unspecified atom stereocenters. The third-order valence-corrected chi connectivity index (χ3v) is 4.90. The summed E-state index contributed by atoms with van der Waals surface area (Å²) in [5.74, 6) is 1.55. The molecule has 0 bridgehead atoms. The molecule has 0 spiro atoms. The molecular weight excluding hydrogens is 196 g/mol. The van der Waals surface area contributed by atoms with Crippen molar-refractivity contribution in [1.82, 2.24) is 0 Å². The maximum Gasteiger partial charge on any atom is 0.109 e. The number of hydrogen-bond donors (Lipinski definition) is 0. The van der Waals surface area contributed by atoms with Crippen LogP contribution in [0.5, 0.6) is 0 Å². The Morgan fingerprint density at radius 2 is 2.19 bits per heavy atom. The maximum absolute atomic E-state index is 5.72. The standard InChI is InChI=1S/C15H22O/c1-9-5-6-12-11(8-15(12,3)4)10(2)14-13(7-9)16-14/h7,11-14H,2,5-6,8H2,1,3-4H3. The van der Waals surface area contributed by atoms with Crippen LogP contribution in [0, 0.1) is 17.3 Å². The molecule has 1 nitrogen and oxygen atoms in total. The van der Waals surface area contributed by atoms with E-state index < -0.39 is 0 Å². The van der Waals surface area contributed by atoms with Gasteiger partial charge in [-0.3, -0.25) is 0 Å². The topological polar surface area (TPSA) is 12.5 Å². The van der Waals surface area contributed by atoms with Gasteiger partial charge in [0.1, 0.15) is 12.2 Å². The average Bonchev–Trinajstić information content (AvgIpc) is 2.91. The molecule has 1 heterocycles. The Morgan fingerprint density at radius 3 is 2.88 bits per heavy atom. The summed E-state index contributed by atoms with van der Waals surface area (Å²) in [6.07, 6.45) is 6.89. The summed E-state index contributed by atoms with van der Waals surface area (Å²) in [5.41, 5.74) is 3.40. The zero-order valence-electron chi connectivity index (χ0n) is 10.6. The Kier molecular flexibility index (Phi) is 2.13. The van der Waals surface area contributed by atoms with Gasteiger partial charge in [-0.15, -0.1) is 0 Å². The van der Waals surface area contributed by atoms with Gasteiger partial charge in [-0.2, -0.15) is 0 Å². The minimum Gasteiger partial charge on any atom is -0.360 e. The van der Waals surface area contributed by atoms with E-state index in [0.717, 1.165) is 11.8 Å². The maximum atomic E-state index is 5.72. The fourth-order valence-electron chi connectivity index (χ4n) is 3.73. The molecule has 1 saturated heterocycles. The average molecular weight is 218 g/mol. The smallest absolute Gasteiger partial charge is 0.109 e. The molecule has 0 aromatic rings. The van der Waals surface area contributed by atoms with E-state index in [1.807, 2.05) is 0 Å². The zero-order chi connectivity index (χ0) is 11.5. The van der Waals surface area contributed by atoms with Gasteiger partial charge in [-0.05, 0) is 49.0 Å². The molecule has 1 heteroatoms. The van der Waals surface area contributed by atoms with Crippen molar-refractivity contribution in [1.29, 1.82) is 0 Å². The third-order valence-electron chi connectivity index (χ3n) is 4.90. The quantitative estimate of drug-likeness (QED) is 0.446. The number of epoxide rings is 1. The van der Waals surface area contributed by atoms with Crippen molar-refractivity contribution >= 4 is 0 Å². The van der Waals surface area contributed by atoms with Gasteiger partial charge in [-0.25, -0.2) is 0 Å². The number of ether oxygens (including phenoxy) is 1. The minimum atomic E-state index is 0.344. The number of fused-ring (bicyclic) bond motifs is 2. The minimum absolute atomic E-state index is 0.344. The van der Waals surface area contributed by atoms with E-state index in [1.54, 1.807) is 0 Å². The Morgan fingerprint density at radius 1 is 1.44 bits per heavy atom. The van der Waals surface area contributed by atoms with Crippen LogP contribution in [0.3, 0.4) is 0 Å². The summed E-state index contributed by atoms with van der Waals surface area (Å²) >= 11 is 0. The molecule has 1 aliphatic heterocycles. The molecule has 0 aromatic heterocycles. The molecule has 3 rings (SSSR count). The van der Waals surface area contributed by atoms with Crippen molar-refractivity contribution in [3.8, 4) is 0 Å². The monoisotopic (exact) mass is 218 g/mol. The highest BCUT2D eigenvalue weighted by molar-refractivity contribution is 5.28. The second-order valence-corrected chi connectivity index (χ2v) is 6.55. The first kappa shape index (κ1) is 10.6. The van der Waals surface area contributed by atoms with Gasteiger partial charge >= 0.3 is 0 Å². The van der Waals surface area contributed by atoms with Gasteiger partial charge in [-0.1, -0.05) is 32.1 Å². The van der Waals surface area contributed by atoms with Gasteiger partial charge in [0.2, 0.25) is 0 Å². The predicted octanol–water partition coefficient (Wildman–Crippen LogP) is 3.71. The van der Waals surface area contributed by atoms with E-state index in [0.29, 0.717) is 17.6 Å². The number of allylic oxidation sites excluding steroid dienone is 1. The lowest BCUT2D eigenvalue weighted by atomic mass is 9.52. The molecule has 2 aliphatic carbocycles. The molecule has 3 aliphatic rings. The Balaban J connectivity index is 1.85. The van der Waals surface area contributed by atoms with Gasteiger partial charge in [0.25, 0.3) is 0 Å². The van der Waals surface area contributed by atoms with Crippen LogP contribution < -0.4 is 0 Å². The first-order valence-corrected chi connectivity index (χ1v) is 6.50. The van der Waals surface area contributed by atoms with Crippen LogP contribution in [0.2, 0.25) is 0 Å². The van der Waals surface area contributed by atoms with E-state index >= 15 is 0 Å². The summed E-state index contributed by atoms with van der Waals surface area (Å²) in [6.45, 7) is 11.4. The molecule has 0 aromatic carbocycles. The van der Waals surface area contributed by atoms with Gasteiger partial charge in [0.05, 0.1) is 0 Å². The summed E-state index contributed by atoms with van der Waals surface area (Å²) in [5, 5.41) is 0. The van der Waals surface area contributed by atoms with Crippen LogP contribution in [0.25, 0.3) is 0 Å².